The average molecular weight is 130 g/mol. The molecule has 0 heterocycles. The van der Waals surface area contributed by atoms with Crippen molar-refractivity contribution in [1.82, 2.24) is 0 Å². The van der Waals surface area contributed by atoms with Crippen LogP contribution in [0.1, 0.15) is 34.1 Å². The Morgan fingerprint density at radius 1 is 1.11 bits per heavy atom. The lowest BCUT2D eigenvalue weighted by atomic mass is 9.95. The Kier molecular flexibility index (Phi) is 3.87. The maximum absolute atomic E-state index is 9.07. The second-order valence-corrected chi connectivity index (χ2v) is 3.35. The minimum absolute atomic E-state index is 0.146. The van der Waals surface area contributed by atoms with E-state index in [9.17, 15) is 0 Å². The second-order valence-electron chi connectivity index (χ2n) is 3.35. The summed E-state index contributed by atoms with van der Waals surface area (Å²) in [7, 11) is 0. The number of aliphatic hydroxyl groups excluding tert-OH is 1. The van der Waals surface area contributed by atoms with Crippen LogP contribution in [0.25, 0.3) is 0 Å². The zero-order chi connectivity index (χ0) is 7.44. The molecule has 0 radical (unpaired) electrons. The highest BCUT2D eigenvalue weighted by Crippen LogP contribution is 2.13. The van der Waals surface area contributed by atoms with Gasteiger partial charge in [-0.15, -0.1) is 0 Å². The van der Waals surface area contributed by atoms with Gasteiger partial charge in [-0.25, -0.2) is 0 Å². The summed E-state index contributed by atoms with van der Waals surface area (Å²) >= 11 is 0. The highest BCUT2D eigenvalue weighted by molar-refractivity contribution is 4.60. The summed E-state index contributed by atoms with van der Waals surface area (Å²) in [5.41, 5.74) is 0. The predicted molar refractivity (Wildman–Crippen MR) is 40.3 cm³/mol. The van der Waals surface area contributed by atoms with Crippen LogP contribution in [0, 0.1) is 11.8 Å². The first-order chi connectivity index (χ1) is 4.04. The number of aliphatic hydroxyl groups is 1. The zero-order valence-electron chi connectivity index (χ0n) is 6.89. The van der Waals surface area contributed by atoms with E-state index in [1.165, 1.54) is 0 Å². The van der Waals surface area contributed by atoms with Gasteiger partial charge in [0.15, 0.2) is 0 Å². The molecule has 0 aliphatic carbocycles. The third kappa shape index (κ3) is 4.46. The van der Waals surface area contributed by atoms with Crippen LogP contribution in [0.4, 0.5) is 0 Å². The van der Waals surface area contributed by atoms with Gasteiger partial charge in [0.1, 0.15) is 0 Å². The molecule has 0 aliphatic heterocycles. The molecule has 0 aromatic heterocycles. The summed E-state index contributed by atoms with van der Waals surface area (Å²) in [6.45, 7) is 8.30. The van der Waals surface area contributed by atoms with Crippen LogP contribution in [-0.2, 0) is 0 Å². The molecule has 2 atom stereocenters. The molecule has 0 spiro atoms. The Labute approximate surface area is 58.1 Å². The third-order valence-corrected chi connectivity index (χ3v) is 1.67. The van der Waals surface area contributed by atoms with E-state index in [4.69, 9.17) is 5.11 Å². The minimum atomic E-state index is -0.146. The van der Waals surface area contributed by atoms with Gasteiger partial charge < -0.3 is 5.11 Å². The van der Waals surface area contributed by atoms with E-state index >= 15 is 0 Å². The first-order valence-electron chi connectivity index (χ1n) is 3.72. The lowest BCUT2D eigenvalue weighted by molar-refractivity contribution is 0.122. The number of rotatable bonds is 3. The van der Waals surface area contributed by atoms with Crippen LogP contribution >= 0.6 is 0 Å². The minimum Gasteiger partial charge on any atom is -0.393 e. The van der Waals surface area contributed by atoms with Gasteiger partial charge in [0, 0.05) is 0 Å². The van der Waals surface area contributed by atoms with E-state index in [1.54, 1.807) is 0 Å². The maximum Gasteiger partial charge on any atom is 0.0537 e. The van der Waals surface area contributed by atoms with Gasteiger partial charge >= 0.3 is 0 Å². The lowest BCUT2D eigenvalue weighted by Crippen LogP contribution is -2.14. The Balaban J connectivity index is 3.38. The zero-order valence-corrected chi connectivity index (χ0v) is 6.89. The second kappa shape index (κ2) is 3.89. The topological polar surface area (TPSA) is 20.2 Å². The fraction of sp³-hybridized carbons (Fsp3) is 1.00. The normalized spacial score (nSPS) is 18.0. The standard InChI is InChI=1S/C8H18O/c1-6(2)5-7(3)8(4)9/h6-9H,5H2,1-4H3/t7-,8-/m1/s1. The Bertz CT molecular complexity index is 67.0. The van der Waals surface area contributed by atoms with E-state index in [1.807, 2.05) is 6.92 Å². The van der Waals surface area contributed by atoms with Gasteiger partial charge in [0.25, 0.3) is 0 Å². The van der Waals surface area contributed by atoms with E-state index in [0.717, 1.165) is 6.42 Å². The first kappa shape index (κ1) is 8.96. The van der Waals surface area contributed by atoms with Crippen molar-refractivity contribution in [3.05, 3.63) is 0 Å². The summed E-state index contributed by atoms with van der Waals surface area (Å²) in [5, 5.41) is 9.07. The van der Waals surface area contributed by atoms with Crippen molar-refractivity contribution >= 4 is 0 Å². The van der Waals surface area contributed by atoms with Crippen molar-refractivity contribution in [3.8, 4) is 0 Å². The van der Waals surface area contributed by atoms with Crippen LogP contribution in [-0.4, -0.2) is 11.2 Å². The summed E-state index contributed by atoms with van der Waals surface area (Å²) in [6.07, 6.45) is 0.977. The molecule has 0 aromatic carbocycles. The van der Waals surface area contributed by atoms with Crippen molar-refractivity contribution in [2.45, 2.75) is 40.2 Å². The summed E-state index contributed by atoms with van der Waals surface area (Å²) in [6, 6.07) is 0. The van der Waals surface area contributed by atoms with Gasteiger partial charge in [-0.2, -0.15) is 0 Å². The fourth-order valence-electron chi connectivity index (χ4n) is 0.941. The van der Waals surface area contributed by atoms with Crippen molar-refractivity contribution in [2.24, 2.45) is 11.8 Å². The number of hydrogen-bond acceptors (Lipinski definition) is 1. The quantitative estimate of drug-likeness (QED) is 0.620. The van der Waals surface area contributed by atoms with Gasteiger partial charge in [0.05, 0.1) is 6.10 Å². The van der Waals surface area contributed by atoms with Gasteiger partial charge in [-0.05, 0) is 25.2 Å². The molecule has 0 rings (SSSR count). The Morgan fingerprint density at radius 3 is 1.67 bits per heavy atom. The van der Waals surface area contributed by atoms with E-state index in [0.29, 0.717) is 11.8 Å². The SMILES string of the molecule is CC(C)C[C@@H](C)[C@@H](C)O. The van der Waals surface area contributed by atoms with Crippen molar-refractivity contribution in [2.75, 3.05) is 0 Å². The molecular formula is C8H18O. The molecule has 1 nitrogen and oxygen atoms in total. The molecule has 0 bridgehead atoms. The van der Waals surface area contributed by atoms with Gasteiger partial charge in [-0.3, -0.25) is 0 Å². The molecule has 0 fully saturated rings. The molecule has 0 amide bonds. The van der Waals surface area contributed by atoms with Crippen molar-refractivity contribution in [3.63, 3.8) is 0 Å². The molecule has 9 heavy (non-hydrogen) atoms. The fourth-order valence-corrected chi connectivity index (χ4v) is 0.941. The smallest absolute Gasteiger partial charge is 0.0537 e. The van der Waals surface area contributed by atoms with Crippen molar-refractivity contribution in [1.29, 1.82) is 0 Å². The highest BCUT2D eigenvalue weighted by Gasteiger charge is 2.09. The average Bonchev–Trinajstić information content (AvgIpc) is 1.63. The predicted octanol–water partition coefficient (Wildman–Crippen LogP) is 2.05. The molecule has 1 heteroatoms. The van der Waals surface area contributed by atoms with E-state index < -0.39 is 0 Å². The lowest BCUT2D eigenvalue weighted by Gasteiger charge is -2.15. The number of hydrogen-bond donors (Lipinski definition) is 1. The monoisotopic (exact) mass is 130 g/mol. The van der Waals surface area contributed by atoms with Crippen LogP contribution in [0.3, 0.4) is 0 Å². The van der Waals surface area contributed by atoms with E-state index in [2.05, 4.69) is 20.8 Å². The first-order valence-corrected chi connectivity index (χ1v) is 3.72. The van der Waals surface area contributed by atoms with Gasteiger partial charge in [0.2, 0.25) is 0 Å². The van der Waals surface area contributed by atoms with Crippen molar-refractivity contribution < 1.29 is 5.11 Å². The molecule has 0 aromatic rings. The molecule has 0 unspecified atom stereocenters. The summed E-state index contributed by atoms with van der Waals surface area (Å²) in [5.74, 6) is 1.15. The van der Waals surface area contributed by atoms with Gasteiger partial charge in [-0.1, -0.05) is 20.8 Å². The summed E-state index contributed by atoms with van der Waals surface area (Å²) < 4.78 is 0. The molecular weight excluding hydrogens is 112 g/mol. The Hall–Kier alpha value is -0.0400. The largest absolute Gasteiger partial charge is 0.393 e. The molecule has 1 N–H and O–H groups in total. The Morgan fingerprint density at radius 2 is 1.56 bits per heavy atom. The van der Waals surface area contributed by atoms with Crippen LogP contribution in [0.15, 0.2) is 0 Å². The highest BCUT2D eigenvalue weighted by atomic mass is 16.3. The third-order valence-electron chi connectivity index (χ3n) is 1.67. The van der Waals surface area contributed by atoms with Crippen LogP contribution < -0.4 is 0 Å². The molecule has 0 saturated heterocycles. The van der Waals surface area contributed by atoms with Crippen LogP contribution in [0.5, 0.6) is 0 Å². The van der Waals surface area contributed by atoms with E-state index in [-0.39, 0.29) is 6.10 Å². The molecule has 56 valence electrons. The molecule has 0 aliphatic rings. The van der Waals surface area contributed by atoms with Crippen LogP contribution in [0.2, 0.25) is 0 Å². The maximum atomic E-state index is 9.07. The molecule has 0 saturated carbocycles. The summed E-state index contributed by atoms with van der Waals surface area (Å²) in [4.78, 5) is 0.